The first-order valence-corrected chi connectivity index (χ1v) is 6.41. The van der Waals surface area contributed by atoms with Crippen LogP contribution in [0, 0.1) is 10.1 Å². The number of nitro groups is 1. The van der Waals surface area contributed by atoms with Crippen molar-refractivity contribution < 1.29 is 4.92 Å². The predicted molar refractivity (Wildman–Crippen MR) is 70.6 cm³/mol. The van der Waals surface area contributed by atoms with Crippen LogP contribution in [-0.4, -0.2) is 36.0 Å². The Morgan fingerprint density at radius 1 is 1.44 bits per heavy atom. The number of piperazine rings is 1. The molecule has 1 fully saturated rings. The van der Waals surface area contributed by atoms with Gasteiger partial charge in [-0.15, -0.1) is 0 Å². The van der Waals surface area contributed by atoms with Crippen molar-refractivity contribution in [1.82, 2.24) is 10.2 Å². The molecule has 1 heterocycles. The first-order chi connectivity index (χ1) is 8.72. The van der Waals surface area contributed by atoms with Gasteiger partial charge in [0.2, 0.25) is 0 Å². The Labute approximate surface area is 107 Å². The summed E-state index contributed by atoms with van der Waals surface area (Å²) in [5.74, 6) is 0. The van der Waals surface area contributed by atoms with Crippen LogP contribution in [0.1, 0.15) is 24.9 Å². The first kappa shape index (κ1) is 13.0. The topological polar surface area (TPSA) is 58.4 Å². The second kappa shape index (κ2) is 5.93. The summed E-state index contributed by atoms with van der Waals surface area (Å²) in [6.45, 7) is 6.12. The molecule has 5 nitrogen and oxygen atoms in total. The lowest BCUT2D eigenvalue weighted by Gasteiger charge is -2.34. The molecule has 1 atom stereocenters. The predicted octanol–water partition coefficient (Wildman–Crippen LogP) is 1.95. The molecule has 1 saturated heterocycles. The lowest BCUT2D eigenvalue weighted by Crippen LogP contribution is -2.45. The van der Waals surface area contributed by atoms with E-state index in [1.807, 2.05) is 6.07 Å². The van der Waals surface area contributed by atoms with E-state index in [-0.39, 0.29) is 16.7 Å². The fraction of sp³-hybridized carbons (Fsp3) is 0.538. The average molecular weight is 249 g/mol. The summed E-state index contributed by atoms with van der Waals surface area (Å²) in [7, 11) is 0. The summed E-state index contributed by atoms with van der Waals surface area (Å²) >= 11 is 0. The first-order valence-electron chi connectivity index (χ1n) is 6.41. The number of nitrogens with one attached hydrogen (secondary N) is 1. The highest BCUT2D eigenvalue weighted by Crippen LogP contribution is 2.27. The molecule has 0 saturated carbocycles. The summed E-state index contributed by atoms with van der Waals surface area (Å²) in [6.07, 6.45) is 0.973. The molecule has 5 heteroatoms. The lowest BCUT2D eigenvalue weighted by atomic mass is 10.0. The van der Waals surface area contributed by atoms with Crippen molar-refractivity contribution in [1.29, 1.82) is 0 Å². The fourth-order valence-electron chi connectivity index (χ4n) is 2.54. The quantitative estimate of drug-likeness (QED) is 0.654. The van der Waals surface area contributed by atoms with E-state index in [0.717, 1.165) is 38.2 Å². The van der Waals surface area contributed by atoms with Gasteiger partial charge < -0.3 is 5.32 Å². The number of nitro benzene ring substituents is 1. The van der Waals surface area contributed by atoms with E-state index >= 15 is 0 Å². The molecule has 18 heavy (non-hydrogen) atoms. The SMILES string of the molecule is CC[C@@H](c1cccc([N+](=O)[O-])c1)N1CCNCC1. The zero-order valence-electron chi connectivity index (χ0n) is 10.6. The molecule has 0 radical (unpaired) electrons. The third kappa shape index (κ3) is 2.86. The van der Waals surface area contributed by atoms with E-state index in [0.29, 0.717) is 0 Å². The zero-order chi connectivity index (χ0) is 13.0. The fourth-order valence-corrected chi connectivity index (χ4v) is 2.54. The minimum atomic E-state index is -0.325. The molecule has 0 amide bonds. The van der Waals surface area contributed by atoms with Gasteiger partial charge in [-0.3, -0.25) is 15.0 Å². The van der Waals surface area contributed by atoms with Crippen molar-refractivity contribution in [2.45, 2.75) is 19.4 Å². The van der Waals surface area contributed by atoms with Crippen molar-refractivity contribution in [3.05, 3.63) is 39.9 Å². The maximum Gasteiger partial charge on any atom is 0.269 e. The highest BCUT2D eigenvalue weighted by Gasteiger charge is 2.21. The second-order valence-corrected chi connectivity index (χ2v) is 4.56. The van der Waals surface area contributed by atoms with Crippen LogP contribution in [-0.2, 0) is 0 Å². The van der Waals surface area contributed by atoms with Crippen LogP contribution in [0.2, 0.25) is 0 Å². The van der Waals surface area contributed by atoms with Crippen LogP contribution in [0.5, 0.6) is 0 Å². The van der Waals surface area contributed by atoms with Crippen LogP contribution in [0.25, 0.3) is 0 Å². The normalized spacial score (nSPS) is 18.5. The molecule has 0 bridgehead atoms. The number of non-ortho nitro benzene ring substituents is 1. The maximum absolute atomic E-state index is 10.8. The number of nitrogens with zero attached hydrogens (tertiary/aromatic N) is 2. The standard InChI is InChI=1S/C13H19N3O2/c1-2-13(15-8-6-14-7-9-15)11-4-3-5-12(10-11)16(17)18/h3-5,10,13-14H,2,6-9H2,1H3/t13-/m0/s1. The van der Waals surface area contributed by atoms with Crippen LogP contribution in [0.3, 0.4) is 0 Å². The van der Waals surface area contributed by atoms with Gasteiger partial charge in [0.15, 0.2) is 0 Å². The molecule has 98 valence electrons. The lowest BCUT2D eigenvalue weighted by molar-refractivity contribution is -0.385. The molecule has 0 aromatic heterocycles. The smallest absolute Gasteiger partial charge is 0.269 e. The number of rotatable bonds is 4. The van der Waals surface area contributed by atoms with Gasteiger partial charge in [0.1, 0.15) is 0 Å². The second-order valence-electron chi connectivity index (χ2n) is 4.56. The zero-order valence-corrected chi connectivity index (χ0v) is 10.6. The van der Waals surface area contributed by atoms with E-state index in [9.17, 15) is 10.1 Å². The summed E-state index contributed by atoms with van der Waals surface area (Å²) < 4.78 is 0. The van der Waals surface area contributed by atoms with Crippen molar-refractivity contribution in [3.8, 4) is 0 Å². The Bertz CT molecular complexity index is 416. The Kier molecular flexibility index (Phi) is 4.28. The Morgan fingerprint density at radius 3 is 2.78 bits per heavy atom. The van der Waals surface area contributed by atoms with Crippen molar-refractivity contribution >= 4 is 5.69 Å². The van der Waals surface area contributed by atoms with Crippen molar-refractivity contribution in [2.75, 3.05) is 26.2 Å². The van der Waals surface area contributed by atoms with Crippen LogP contribution >= 0.6 is 0 Å². The summed E-state index contributed by atoms with van der Waals surface area (Å²) in [6, 6.07) is 7.30. The minimum absolute atomic E-state index is 0.182. The molecular weight excluding hydrogens is 230 g/mol. The van der Waals surface area contributed by atoms with Crippen molar-refractivity contribution in [3.63, 3.8) is 0 Å². The van der Waals surface area contributed by atoms with Gasteiger partial charge in [-0.1, -0.05) is 19.1 Å². The highest BCUT2D eigenvalue weighted by atomic mass is 16.6. The highest BCUT2D eigenvalue weighted by molar-refractivity contribution is 5.35. The van der Waals surface area contributed by atoms with Crippen LogP contribution in [0.4, 0.5) is 5.69 Å². The van der Waals surface area contributed by atoms with Gasteiger partial charge >= 0.3 is 0 Å². The molecule has 2 rings (SSSR count). The Hall–Kier alpha value is -1.46. The molecule has 0 unspecified atom stereocenters. The van der Waals surface area contributed by atoms with Crippen LogP contribution in [0.15, 0.2) is 24.3 Å². The summed E-state index contributed by atoms with van der Waals surface area (Å²) in [5, 5.41) is 14.1. The molecule has 1 aliphatic heterocycles. The van der Waals surface area contributed by atoms with Crippen LogP contribution < -0.4 is 5.32 Å². The maximum atomic E-state index is 10.8. The third-order valence-electron chi connectivity index (χ3n) is 3.44. The van der Waals surface area contributed by atoms with E-state index in [1.165, 1.54) is 0 Å². The van der Waals surface area contributed by atoms with E-state index in [4.69, 9.17) is 0 Å². The molecule has 0 aliphatic carbocycles. The Morgan fingerprint density at radius 2 is 2.17 bits per heavy atom. The average Bonchev–Trinajstić information content (AvgIpc) is 2.41. The van der Waals surface area contributed by atoms with Crippen molar-refractivity contribution in [2.24, 2.45) is 0 Å². The molecular formula is C13H19N3O2. The van der Waals surface area contributed by atoms with Gasteiger partial charge in [-0.25, -0.2) is 0 Å². The summed E-state index contributed by atoms with van der Waals surface area (Å²) in [5.41, 5.74) is 1.23. The third-order valence-corrected chi connectivity index (χ3v) is 3.44. The van der Waals surface area contributed by atoms with E-state index in [1.54, 1.807) is 18.2 Å². The largest absolute Gasteiger partial charge is 0.314 e. The minimum Gasteiger partial charge on any atom is -0.314 e. The van der Waals surface area contributed by atoms with Gasteiger partial charge in [-0.2, -0.15) is 0 Å². The number of hydrogen-bond donors (Lipinski definition) is 1. The molecule has 1 aromatic rings. The molecule has 0 spiro atoms. The Balaban J connectivity index is 2.20. The monoisotopic (exact) mass is 249 g/mol. The van der Waals surface area contributed by atoms with Gasteiger partial charge in [0.05, 0.1) is 4.92 Å². The molecule has 1 N–H and O–H groups in total. The van der Waals surface area contributed by atoms with E-state index < -0.39 is 0 Å². The summed E-state index contributed by atoms with van der Waals surface area (Å²) in [4.78, 5) is 12.9. The molecule has 1 aromatic carbocycles. The number of hydrogen-bond acceptors (Lipinski definition) is 4. The molecule has 1 aliphatic rings. The van der Waals surface area contributed by atoms with Gasteiger partial charge in [0.25, 0.3) is 5.69 Å². The number of benzene rings is 1. The van der Waals surface area contributed by atoms with Gasteiger partial charge in [-0.05, 0) is 12.0 Å². The van der Waals surface area contributed by atoms with Gasteiger partial charge in [0, 0.05) is 44.4 Å². The van der Waals surface area contributed by atoms with E-state index in [2.05, 4.69) is 17.1 Å².